The first-order valence-electron chi connectivity index (χ1n) is 6.73. The van der Waals surface area contributed by atoms with Crippen LogP contribution in [0.5, 0.6) is 5.75 Å². The number of benzene rings is 1. The number of primary amides is 1. The molecule has 1 heterocycles. The van der Waals surface area contributed by atoms with Gasteiger partial charge >= 0.3 is 0 Å². The lowest BCUT2D eigenvalue weighted by Crippen LogP contribution is -2.14. The Balaban J connectivity index is 1.87. The molecule has 0 unspecified atom stereocenters. The zero-order valence-electron chi connectivity index (χ0n) is 12.2. The third-order valence-corrected chi connectivity index (χ3v) is 3.77. The van der Waals surface area contributed by atoms with E-state index >= 15 is 0 Å². The number of carbonyl (C=O) groups excluding carboxylic acids is 2. The highest BCUT2D eigenvalue weighted by Gasteiger charge is 2.10. The molecule has 116 valence electrons. The number of aromatic nitrogens is 1. The summed E-state index contributed by atoms with van der Waals surface area (Å²) in [4.78, 5) is 26.9. The van der Waals surface area contributed by atoms with Gasteiger partial charge in [0.05, 0.1) is 19.2 Å². The molecule has 2 amide bonds. The molecule has 0 radical (unpaired) electrons. The molecule has 2 aromatic rings. The molecule has 0 aliphatic rings. The molecule has 0 atom stereocenters. The number of methoxy groups -OCH3 is 1. The fourth-order valence-corrected chi connectivity index (χ4v) is 2.69. The Morgan fingerprint density at radius 1 is 1.36 bits per heavy atom. The molecule has 0 spiro atoms. The van der Waals surface area contributed by atoms with Crippen molar-refractivity contribution < 1.29 is 14.3 Å². The van der Waals surface area contributed by atoms with Crippen LogP contribution in [-0.4, -0.2) is 23.9 Å². The molecule has 0 fully saturated rings. The van der Waals surface area contributed by atoms with Crippen molar-refractivity contribution in [1.29, 1.82) is 0 Å². The van der Waals surface area contributed by atoms with E-state index in [0.29, 0.717) is 23.7 Å². The van der Waals surface area contributed by atoms with Crippen molar-refractivity contribution in [3.63, 3.8) is 0 Å². The molecule has 1 aromatic carbocycles. The lowest BCUT2D eigenvalue weighted by Gasteiger charge is -2.07. The average molecular weight is 319 g/mol. The van der Waals surface area contributed by atoms with Crippen molar-refractivity contribution in [2.24, 2.45) is 5.73 Å². The van der Waals surface area contributed by atoms with Crippen LogP contribution < -0.4 is 15.8 Å². The molecule has 7 heteroatoms. The second-order valence-corrected chi connectivity index (χ2v) is 5.51. The summed E-state index contributed by atoms with van der Waals surface area (Å²) in [7, 11) is 1.61. The van der Waals surface area contributed by atoms with Crippen molar-refractivity contribution in [3.8, 4) is 5.75 Å². The number of hydrogen-bond donors (Lipinski definition) is 2. The molecule has 0 aliphatic heterocycles. The van der Waals surface area contributed by atoms with Gasteiger partial charge in [-0.25, -0.2) is 4.98 Å². The quantitative estimate of drug-likeness (QED) is 0.813. The lowest BCUT2D eigenvalue weighted by atomic mass is 10.1. The molecule has 1 aromatic heterocycles. The minimum absolute atomic E-state index is 0.0770. The van der Waals surface area contributed by atoms with Gasteiger partial charge < -0.3 is 15.8 Å². The highest BCUT2D eigenvalue weighted by atomic mass is 32.1. The van der Waals surface area contributed by atoms with Crippen molar-refractivity contribution in [3.05, 3.63) is 40.9 Å². The first kappa shape index (κ1) is 16.0. The summed E-state index contributed by atoms with van der Waals surface area (Å²) < 4.78 is 5.25. The Labute approximate surface area is 132 Å². The Hall–Kier alpha value is -2.41. The van der Waals surface area contributed by atoms with Gasteiger partial charge in [0, 0.05) is 11.8 Å². The van der Waals surface area contributed by atoms with Crippen molar-refractivity contribution in [2.45, 2.75) is 19.3 Å². The number of aryl methyl sites for hydroxylation is 1. The van der Waals surface area contributed by atoms with E-state index in [1.165, 1.54) is 11.3 Å². The smallest absolute Gasteiger partial charge is 0.226 e. The predicted octanol–water partition coefficient (Wildman–Crippen LogP) is 1.75. The van der Waals surface area contributed by atoms with E-state index in [0.717, 1.165) is 11.3 Å². The molecule has 3 N–H and O–H groups in total. The molecule has 0 bridgehead atoms. The van der Waals surface area contributed by atoms with E-state index in [4.69, 9.17) is 10.5 Å². The average Bonchev–Trinajstić information content (AvgIpc) is 2.91. The molecular formula is C15H17N3O3S. The summed E-state index contributed by atoms with van der Waals surface area (Å²) in [6.45, 7) is 0. The molecule has 0 saturated carbocycles. The van der Waals surface area contributed by atoms with E-state index in [-0.39, 0.29) is 12.3 Å². The van der Waals surface area contributed by atoms with Crippen LogP contribution in [0.4, 0.5) is 5.13 Å². The number of nitrogens with zero attached hydrogens (tertiary/aromatic N) is 1. The maximum absolute atomic E-state index is 11.9. The second kappa shape index (κ2) is 7.56. The van der Waals surface area contributed by atoms with Crippen LogP contribution in [0.25, 0.3) is 0 Å². The normalized spacial score (nSPS) is 10.2. The molecule has 2 rings (SSSR count). The van der Waals surface area contributed by atoms with Gasteiger partial charge in [-0.05, 0) is 18.1 Å². The maximum Gasteiger partial charge on any atom is 0.226 e. The zero-order chi connectivity index (χ0) is 15.9. The van der Waals surface area contributed by atoms with Gasteiger partial charge in [0.25, 0.3) is 0 Å². The predicted molar refractivity (Wildman–Crippen MR) is 85.0 cm³/mol. The van der Waals surface area contributed by atoms with Crippen molar-refractivity contribution in [1.82, 2.24) is 4.98 Å². The number of nitrogens with two attached hydrogens (primary N) is 1. The highest BCUT2D eigenvalue weighted by molar-refractivity contribution is 7.13. The minimum Gasteiger partial charge on any atom is -0.496 e. The van der Waals surface area contributed by atoms with Crippen LogP contribution >= 0.6 is 11.3 Å². The van der Waals surface area contributed by atoms with Gasteiger partial charge in [0.15, 0.2) is 5.13 Å². The lowest BCUT2D eigenvalue weighted by molar-refractivity contribution is -0.117. The number of amides is 2. The van der Waals surface area contributed by atoms with Gasteiger partial charge in [-0.15, -0.1) is 11.3 Å². The number of thiazole rings is 1. The van der Waals surface area contributed by atoms with Crippen LogP contribution in [0.3, 0.4) is 0 Å². The molecular weight excluding hydrogens is 302 g/mol. The zero-order valence-corrected chi connectivity index (χ0v) is 13.0. The Bertz CT molecular complexity index is 670. The fraction of sp³-hybridized carbons (Fsp3) is 0.267. The van der Waals surface area contributed by atoms with E-state index in [1.807, 2.05) is 24.3 Å². The number of rotatable bonds is 7. The van der Waals surface area contributed by atoms with E-state index in [1.54, 1.807) is 12.5 Å². The fourth-order valence-electron chi connectivity index (χ4n) is 1.96. The number of hydrogen-bond acceptors (Lipinski definition) is 5. The first-order chi connectivity index (χ1) is 10.6. The van der Waals surface area contributed by atoms with Gasteiger partial charge in [-0.2, -0.15) is 0 Å². The van der Waals surface area contributed by atoms with Crippen LogP contribution in [0, 0.1) is 0 Å². The maximum atomic E-state index is 11.9. The molecule has 0 aliphatic carbocycles. The summed E-state index contributed by atoms with van der Waals surface area (Å²) >= 11 is 1.27. The number of para-hydroxylation sites is 1. The summed E-state index contributed by atoms with van der Waals surface area (Å²) in [6, 6.07) is 7.59. The summed E-state index contributed by atoms with van der Waals surface area (Å²) in [5.74, 6) is 0.193. The van der Waals surface area contributed by atoms with E-state index < -0.39 is 5.91 Å². The van der Waals surface area contributed by atoms with Gasteiger partial charge in [-0.3, -0.25) is 9.59 Å². The van der Waals surface area contributed by atoms with E-state index in [2.05, 4.69) is 10.3 Å². The van der Waals surface area contributed by atoms with Crippen molar-refractivity contribution >= 4 is 28.3 Å². The van der Waals surface area contributed by atoms with Crippen molar-refractivity contribution in [2.75, 3.05) is 12.4 Å². The number of nitrogens with one attached hydrogen (secondary N) is 1. The highest BCUT2D eigenvalue weighted by Crippen LogP contribution is 2.20. The largest absolute Gasteiger partial charge is 0.496 e. The third-order valence-electron chi connectivity index (χ3n) is 2.97. The van der Waals surface area contributed by atoms with E-state index in [9.17, 15) is 9.59 Å². The number of anilines is 1. The topological polar surface area (TPSA) is 94.3 Å². The second-order valence-electron chi connectivity index (χ2n) is 4.65. The molecule has 0 saturated heterocycles. The van der Waals surface area contributed by atoms with Crippen LogP contribution in [-0.2, 0) is 22.4 Å². The third kappa shape index (κ3) is 4.56. The molecule has 22 heavy (non-hydrogen) atoms. The van der Waals surface area contributed by atoms with Crippen LogP contribution in [0.15, 0.2) is 29.6 Å². The SMILES string of the molecule is COc1ccccc1CCC(=O)Nc1nc(CC(N)=O)cs1. The summed E-state index contributed by atoms with van der Waals surface area (Å²) in [6.07, 6.45) is 0.980. The monoisotopic (exact) mass is 319 g/mol. The van der Waals surface area contributed by atoms with Crippen LogP contribution in [0.2, 0.25) is 0 Å². The number of carbonyl (C=O) groups is 2. The molecule has 6 nitrogen and oxygen atoms in total. The summed E-state index contributed by atoms with van der Waals surface area (Å²) in [5.41, 5.74) is 6.65. The summed E-state index contributed by atoms with van der Waals surface area (Å²) in [5, 5.41) is 4.90. The minimum atomic E-state index is -0.445. The Kier molecular flexibility index (Phi) is 5.48. The standard InChI is InChI=1S/C15H17N3O3S/c1-21-12-5-3-2-4-10(12)6-7-14(20)18-15-17-11(9-22-15)8-13(16)19/h2-5,9H,6-8H2,1H3,(H2,16,19)(H,17,18,20). The first-order valence-corrected chi connectivity index (χ1v) is 7.61. The number of ether oxygens (including phenoxy) is 1. The van der Waals surface area contributed by atoms with Crippen LogP contribution in [0.1, 0.15) is 17.7 Å². The Morgan fingerprint density at radius 2 is 2.14 bits per heavy atom. The van der Waals surface area contributed by atoms with Gasteiger partial charge in [0.2, 0.25) is 11.8 Å². The van der Waals surface area contributed by atoms with Gasteiger partial charge in [-0.1, -0.05) is 18.2 Å². The Morgan fingerprint density at radius 3 is 2.86 bits per heavy atom. The van der Waals surface area contributed by atoms with Gasteiger partial charge in [0.1, 0.15) is 5.75 Å².